The summed E-state index contributed by atoms with van der Waals surface area (Å²) in [5.74, 6) is 0. The molecule has 3 aromatic carbocycles. The van der Waals surface area contributed by atoms with E-state index in [1.165, 1.54) is 11.1 Å². The minimum absolute atomic E-state index is 0.0865. The molecular formula is C29H37N2OP. The molecule has 3 nitrogen and oxygen atoms in total. The van der Waals surface area contributed by atoms with Crippen molar-refractivity contribution in [3.05, 3.63) is 108 Å². The predicted octanol–water partition coefficient (Wildman–Crippen LogP) is 8.25. The summed E-state index contributed by atoms with van der Waals surface area (Å²) in [6, 6.07) is 32.2. The van der Waals surface area contributed by atoms with E-state index in [1.807, 2.05) is 6.07 Å². The molecule has 3 unspecified atom stereocenters. The second-order valence-electron chi connectivity index (χ2n) is 9.71. The number of benzene rings is 3. The molecule has 1 aliphatic heterocycles. The third kappa shape index (κ3) is 4.47. The van der Waals surface area contributed by atoms with Gasteiger partial charge >= 0.3 is 0 Å². The second-order valence-corrected chi connectivity index (χ2v) is 12.6. The molecule has 1 aliphatic rings. The predicted molar refractivity (Wildman–Crippen MR) is 139 cm³/mol. The highest BCUT2D eigenvalue weighted by molar-refractivity contribution is 7.59. The van der Waals surface area contributed by atoms with Gasteiger partial charge in [-0.3, -0.25) is 4.57 Å². The Bertz CT molecular complexity index is 1010. The Morgan fingerprint density at radius 3 is 1.36 bits per heavy atom. The van der Waals surface area contributed by atoms with Crippen LogP contribution in [0.4, 0.5) is 0 Å². The highest BCUT2D eigenvalue weighted by atomic mass is 31.2. The lowest BCUT2D eigenvalue weighted by molar-refractivity contribution is 0.122. The molecule has 0 aromatic heterocycles. The molecule has 0 aliphatic carbocycles. The van der Waals surface area contributed by atoms with Crippen LogP contribution in [0.5, 0.6) is 0 Å². The molecule has 174 valence electrons. The van der Waals surface area contributed by atoms with Gasteiger partial charge in [0.05, 0.1) is 5.66 Å². The summed E-state index contributed by atoms with van der Waals surface area (Å²) in [4.78, 5) is 0. The van der Waals surface area contributed by atoms with E-state index in [2.05, 4.69) is 129 Å². The van der Waals surface area contributed by atoms with Crippen LogP contribution in [0.3, 0.4) is 0 Å². The fourth-order valence-electron chi connectivity index (χ4n) is 5.58. The summed E-state index contributed by atoms with van der Waals surface area (Å²) < 4.78 is 20.4. The van der Waals surface area contributed by atoms with Gasteiger partial charge < -0.3 is 0 Å². The maximum Gasteiger partial charge on any atom is 0.225 e. The highest BCUT2D eigenvalue weighted by Crippen LogP contribution is 2.73. The Morgan fingerprint density at radius 1 is 0.636 bits per heavy atom. The van der Waals surface area contributed by atoms with Gasteiger partial charge in [0.1, 0.15) is 0 Å². The monoisotopic (exact) mass is 460 g/mol. The van der Waals surface area contributed by atoms with Crippen molar-refractivity contribution >= 4 is 7.44 Å². The third-order valence-electron chi connectivity index (χ3n) is 6.96. The molecule has 0 spiro atoms. The van der Waals surface area contributed by atoms with Gasteiger partial charge in [-0.15, -0.1) is 0 Å². The Kier molecular flexibility index (Phi) is 7.24. The SMILES string of the molecule is CC(C)N1C(c2ccccc2)CC(c2ccccc2)N(C(C)C)P1(=O)C(C)c1ccccc1. The molecule has 1 saturated heterocycles. The van der Waals surface area contributed by atoms with Crippen LogP contribution in [-0.4, -0.2) is 21.4 Å². The first-order valence-electron chi connectivity index (χ1n) is 12.2. The maximum atomic E-state index is 15.7. The lowest BCUT2D eigenvalue weighted by Crippen LogP contribution is -2.49. The van der Waals surface area contributed by atoms with Crippen LogP contribution in [0.2, 0.25) is 0 Å². The number of hydrogen-bond donors (Lipinski definition) is 0. The van der Waals surface area contributed by atoms with Crippen LogP contribution in [-0.2, 0) is 4.57 Å². The smallest absolute Gasteiger partial charge is 0.225 e. The third-order valence-corrected chi connectivity index (χ3v) is 11.1. The first kappa shape index (κ1) is 24.0. The van der Waals surface area contributed by atoms with Gasteiger partial charge in [-0.05, 0) is 57.7 Å². The van der Waals surface area contributed by atoms with Crippen LogP contribution < -0.4 is 0 Å². The fraction of sp³-hybridized carbons (Fsp3) is 0.379. The molecule has 4 rings (SSSR count). The average Bonchev–Trinajstić information content (AvgIpc) is 2.84. The number of rotatable bonds is 6. The van der Waals surface area contributed by atoms with E-state index in [0.717, 1.165) is 12.0 Å². The van der Waals surface area contributed by atoms with Crippen molar-refractivity contribution in [1.82, 2.24) is 9.34 Å². The van der Waals surface area contributed by atoms with E-state index < -0.39 is 7.44 Å². The molecule has 33 heavy (non-hydrogen) atoms. The zero-order valence-corrected chi connectivity index (χ0v) is 21.4. The van der Waals surface area contributed by atoms with Crippen molar-refractivity contribution in [2.45, 2.75) is 70.9 Å². The van der Waals surface area contributed by atoms with Gasteiger partial charge in [0, 0.05) is 24.2 Å². The first-order valence-corrected chi connectivity index (χ1v) is 13.9. The standard InChI is InChI=1S/C29H37N2OP/c1-22(2)30-28(26-17-11-7-12-18-26)21-29(27-19-13-8-14-20-27)31(23(3)4)33(30,32)24(5)25-15-9-6-10-16-25/h6-20,22-24,28-29H,21H2,1-5H3. The quantitative estimate of drug-likeness (QED) is 0.346. The van der Waals surface area contributed by atoms with Crippen molar-refractivity contribution in [2.75, 3.05) is 0 Å². The fourth-order valence-corrected chi connectivity index (χ4v) is 9.76. The largest absolute Gasteiger partial charge is 0.288 e. The molecule has 0 radical (unpaired) electrons. The van der Waals surface area contributed by atoms with Crippen LogP contribution in [0, 0.1) is 0 Å². The molecule has 0 amide bonds. The van der Waals surface area contributed by atoms with E-state index >= 15 is 4.57 Å². The van der Waals surface area contributed by atoms with Crippen LogP contribution in [0.15, 0.2) is 91.0 Å². The van der Waals surface area contributed by atoms with Gasteiger partial charge in [-0.2, -0.15) is 0 Å². The lowest BCUT2D eigenvalue weighted by Gasteiger charge is -2.56. The molecule has 4 heteroatoms. The summed E-state index contributed by atoms with van der Waals surface area (Å²) in [5, 5.41) is 0. The van der Waals surface area contributed by atoms with E-state index in [0.29, 0.717) is 0 Å². The topological polar surface area (TPSA) is 23.6 Å². The van der Waals surface area contributed by atoms with E-state index in [4.69, 9.17) is 0 Å². The molecule has 1 heterocycles. The van der Waals surface area contributed by atoms with Gasteiger partial charge in [-0.1, -0.05) is 91.0 Å². The van der Waals surface area contributed by atoms with Crippen LogP contribution in [0.25, 0.3) is 0 Å². The minimum atomic E-state index is -3.04. The molecule has 3 aromatic rings. The lowest BCUT2D eigenvalue weighted by atomic mass is 9.93. The van der Waals surface area contributed by atoms with Gasteiger partial charge in [0.2, 0.25) is 7.44 Å². The average molecular weight is 461 g/mol. The Labute approximate surface area is 199 Å². The molecule has 0 bridgehead atoms. The Hall–Kier alpha value is -2.19. The second kappa shape index (κ2) is 9.97. The summed E-state index contributed by atoms with van der Waals surface area (Å²) >= 11 is 0. The Morgan fingerprint density at radius 2 is 1.00 bits per heavy atom. The highest BCUT2D eigenvalue weighted by Gasteiger charge is 2.54. The van der Waals surface area contributed by atoms with Gasteiger partial charge in [-0.25, -0.2) is 9.34 Å². The minimum Gasteiger partial charge on any atom is -0.288 e. The summed E-state index contributed by atoms with van der Waals surface area (Å²) in [6.07, 6.45) is 0.913. The van der Waals surface area contributed by atoms with Crippen molar-refractivity contribution in [1.29, 1.82) is 0 Å². The molecule has 0 saturated carbocycles. The molecular weight excluding hydrogens is 423 g/mol. The van der Waals surface area contributed by atoms with E-state index in [9.17, 15) is 0 Å². The first-order chi connectivity index (χ1) is 15.9. The summed E-state index contributed by atoms with van der Waals surface area (Å²) in [7, 11) is -3.04. The van der Waals surface area contributed by atoms with Crippen molar-refractivity contribution in [2.24, 2.45) is 0 Å². The summed E-state index contributed by atoms with van der Waals surface area (Å²) in [6.45, 7) is 10.9. The zero-order chi connectivity index (χ0) is 23.6. The van der Waals surface area contributed by atoms with E-state index in [-0.39, 0.29) is 29.8 Å². The number of hydrogen-bond acceptors (Lipinski definition) is 1. The Balaban J connectivity index is 1.95. The van der Waals surface area contributed by atoms with Crippen molar-refractivity contribution < 1.29 is 4.57 Å². The van der Waals surface area contributed by atoms with E-state index in [1.54, 1.807) is 0 Å². The van der Waals surface area contributed by atoms with Gasteiger partial charge in [0.15, 0.2) is 0 Å². The van der Waals surface area contributed by atoms with Crippen molar-refractivity contribution in [3.8, 4) is 0 Å². The number of nitrogens with zero attached hydrogens (tertiary/aromatic N) is 2. The molecule has 3 atom stereocenters. The van der Waals surface area contributed by atoms with Crippen LogP contribution in [0.1, 0.15) is 75.5 Å². The maximum absolute atomic E-state index is 15.7. The summed E-state index contributed by atoms with van der Waals surface area (Å²) in [5.41, 5.74) is 3.52. The van der Waals surface area contributed by atoms with Crippen molar-refractivity contribution in [3.63, 3.8) is 0 Å². The normalized spacial score (nSPS) is 25.4. The van der Waals surface area contributed by atoms with Gasteiger partial charge in [0.25, 0.3) is 0 Å². The molecule has 1 fully saturated rings. The zero-order valence-electron chi connectivity index (χ0n) is 20.5. The van der Waals surface area contributed by atoms with Crippen LogP contribution >= 0.6 is 7.44 Å². The molecule has 0 N–H and O–H groups in total.